The van der Waals surface area contributed by atoms with E-state index in [0.29, 0.717) is 13.2 Å². The summed E-state index contributed by atoms with van der Waals surface area (Å²) in [6.45, 7) is 13.5. The van der Waals surface area contributed by atoms with E-state index in [1.54, 1.807) is 0 Å². The van der Waals surface area contributed by atoms with Gasteiger partial charge >= 0.3 is 0 Å². The van der Waals surface area contributed by atoms with Crippen molar-refractivity contribution in [3.63, 3.8) is 0 Å². The van der Waals surface area contributed by atoms with Gasteiger partial charge in [-0.05, 0) is 48.5 Å². The van der Waals surface area contributed by atoms with Crippen molar-refractivity contribution >= 4 is 18.4 Å². The quantitative estimate of drug-likeness (QED) is 0.692. The van der Waals surface area contributed by atoms with Crippen LogP contribution in [0.2, 0.25) is 0 Å². The average molecular weight is 324 g/mol. The number of benzene rings is 2. The predicted molar refractivity (Wildman–Crippen MR) is 101 cm³/mol. The molecule has 0 radical (unpaired) electrons. The summed E-state index contributed by atoms with van der Waals surface area (Å²) >= 11 is 0. The Morgan fingerprint density at radius 2 is 1.09 bits per heavy atom. The van der Waals surface area contributed by atoms with Crippen LogP contribution in [-0.2, 0) is 0 Å². The Morgan fingerprint density at radius 1 is 0.739 bits per heavy atom. The number of rotatable bonds is 8. The highest BCUT2D eigenvalue weighted by Crippen LogP contribution is 2.15. The summed E-state index contributed by atoms with van der Waals surface area (Å²) in [5.74, 6) is 1.78. The molecule has 0 fully saturated rings. The van der Waals surface area contributed by atoms with Crippen molar-refractivity contribution in [2.24, 2.45) is 0 Å². The van der Waals surface area contributed by atoms with Gasteiger partial charge in [0.05, 0.1) is 13.2 Å². The summed E-state index contributed by atoms with van der Waals surface area (Å²) in [7, 11) is -2.17. The lowest BCUT2D eigenvalue weighted by atomic mass is 10.3. The van der Waals surface area contributed by atoms with Gasteiger partial charge in [0.1, 0.15) is 11.5 Å². The zero-order valence-corrected chi connectivity index (χ0v) is 14.9. The average Bonchev–Trinajstić information content (AvgIpc) is 2.60. The van der Waals surface area contributed by atoms with Crippen LogP contribution in [-0.4, -0.2) is 21.3 Å². The van der Waals surface area contributed by atoms with E-state index in [-0.39, 0.29) is 0 Å². The lowest BCUT2D eigenvalue weighted by molar-refractivity contribution is 0.340. The molecule has 0 N–H and O–H groups in total. The molecule has 0 unspecified atom stereocenters. The Bertz CT molecular complexity index is 585. The molecule has 2 nitrogen and oxygen atoms in total. The number of ether oxygens (including phenoxy) is 2. The van der Waals surface area contributed by atoms with Crippen molar-refractivity contribution in [2.45, 2.75) is 13.8 Å². The van der Waals surface area contributed by atoms with Crippen molar-refractivity contribution < 1.29 is 9.47 Å². The standard InChI is InChI=1S/C20H24O2Si/c1-5-21-17-9-13-19(14-10-17)23(7-3,8-4)20-15-11-18(12-16-20)22-6-2/h7-16H,3-6H2,1-2H3. The van der Waals surface area contributed by atoms with E-state index in [4.69, 9.17) is 9.47 Å². The van der Waals surface area contributed by atoms with Crippen LogP contribution in [0.3, 0.4) is 0 Å². The molecule has 0 bridgehead atoms. The molecule has 2 aromatic rings. The zero-order valence-electron chi connectivity index (χ0n) is 13.9. The summed E-state index contributed by atoms with van der Waals surface area (Å²) in [5, 5.41) is 2.49. The maximum Gasteiger partial charge on any atom is 0.164 e. The maximum absolute atomic E-state index is 5.54. The first-order chi connectivity index (χ1) is 11.2. The molecular weight excluding hydrogens is 300 g/mol. The van der Waals surface area contributed by atoms with Gasteiger partial charge in [0.15, 0.2) is 8.07 Å². The second-order valence-electron chi connectivity index (χ2n) is 5.19. The van der Waals surface area contributed by atoms with Gasteiger partial charge in [0, 0.05) is 0 Å². The van der Waals surface area contributed by atoms with Crippen LogP contribution < -0.4 is 19.8 Å². The van der Waals surface area contributed by atoms with Crippen molar-refractivity contribution in [3.8, 4) is 11.5 Å². The maximum atomic E-state index is 5.54. The third-order valence-electron chi connectivity index (χ3n) is 3.93. The van der Waals surface area contributed by atoms with Gasteiger partial charge in [-0.2, -0.15) is 0 Å². The normalized spacial score (nSPS) is 10.9. The second-order valence-corrected chi connectivity index (χ2v) is 8.90. The third kappa shape index (κ3) is 3.56. The van der Waals surface area contributed by atoms with E-state index in [9.17, 15) is 0 Å². The summed E-state index contributed by atoms with van der Waals surface area (Å²) in [4.78, 5) is 0. The van der Waals surface area contributed by atoms with E-state index in [0.717, 1.165) is 11.5 Å². The van der Waals surface area contributed by atoms with Crippen LogP contribution in [0.15, 0.2) is 73.1 Å². The Morgan fingerprint density at radius 3 is 1.35 bits per heavy atom. The Balaban J connectivity index is 2.41. The summed E-state index contributed by atoms with van der Waals surface area (Å²) in [6, 6.07) is 16.6. The van der Waals surface area contributed by atoms with Crippen LogP contribution in [0.4, 0.5) is 0 Å². The van der Waals surface area contributed by atoms with Crippen LogP contribution in [0.5, 0.6) is 11.5 Å². The molecule has 23 heavy (non-hydrogen) atoms. The molecule has 3 heteroatoms. The lowest BCUT2D eigenvalue weighted by Crippen LogP contribution is -2.55. The summed E-state index contributed by atoms with van der Waals surface area (Å²) < 4.78 is 11.1. The molecule has 2 aromatic carbocycles. The fourth-order valence-electron chi connectivity index (χ4n) is 2.71. The van der Waals surface area contributed by atoms with Crippen molar-refractivity contribution in [1.82, 2.24) is 0 Å². The second kappa shape index (κ2) is 7.84. The summed E-state index contributed by atoms with van der Waals surface area (Å²) in [5.41, 5.74) is 4.12. The minimum Gasteiger partial charge on any atom is -0.494 e. The van der Waals surface area contributed by atoms with Gasteiger partial charge in [-0.3, -0.25) is 0 Å². The molecule has 0 aromatic heterocycles. The predicted octanol–water partition coefficient (Wildman–Crippen LogP) is 3.50. The molecule has 0 saturated heterocycles. The minimum atomic E-state index is -2.17. The van der Waals surface area contributed by atoms with E-state index in [1.165, 1.54) is 10.4 Å². The monoisotopic (exact) mass is 324 g/mol. The first-order valence-corrected chi connectivity index (χ1v) is 10.1. The fourth-order valence-corrected chi connectivity index (χ4v) is 5.59. The lowest BCUT2D eigenvalue weighted by Gasteiger charge is -2.26. The first kappa shape index (κ1) is 17.1. The van der Waals surface area contributed by atoms with Crippen LogP contribution >= 0.6 is 0 Å². The Kier molecular flexibility index (Phi) is 5.82. The zero-order chi connectivity index (χ0) is 16.7. The smallest absolute Gasteiger partial charge is 0.164 e. The number of hydrogen-bond donors (Lipinski definition) is 0. The molecule has 2 rings (SSSR count). The molecule has 0 spiro atoms. The molecule has 120 valence electrons. The molecule has 0 saturated carbocycles. The van der Waals surface area contributed by atoms with Gasteiger partial charge in [0.25, 0.3) is 0 Å². The molecule has 0 aliphatic carbocycles. The topological polar surface area (TPSA) is 18.5 Å². The van der Waals surface area contributed by atoms with Crippen LogP contribution in [0.1, 0.15) is 13.8 Å². The van der Waals surface area contributed by atoms with Gasteiger partial charge < -0.3 is 9.47 Å². The van der Waals surface area contributed by atoms with Crippen molar-refractivity contribution in [2.75, 3.05) is 13.2 Å². The van der Waals surface area contributed by atoms with E-state index >= 15 is 0 Å². The SMILES string of the molecule is C=C[Si](C=C)(c1ccc(OCC)cc1)c1ccc(OCC)cc1. The molecule has 0 atom stereocenters. The van der Waals surface area contributed by atoms with E-state index in [1.807, 2.05) is 38.1 Å². The van der Waals surface area contributed by atoms with Crippen LogP contribution in [0, 0.1) is 0 Å². The molecule has 0 aliphatic rings. The largest absolute Gasteiger partial charge is 0.494 e. The molecule has 0 aliphatic heterocycles. The highest BCUT2D eigenvalue weighted by Gasteiger charge is 2.30. The number of hydrogen-bond acceptors (Lipinski definition) is 2. The summed E-state index contributed by atoms with van der Waals surface area (Å²) in [6.07, 6.45) is 0. The molecule has 0 amide bonds. The van der Waals surface area contributed by atoms with Gasteiger partial charge in [0.2, 0.25) is 0 Å². The molecule has 0 heterocycles. The van der Waals surface area contributed by atoms with E-state index < -0.39 is 8.07 Å². The van der Waals surface area contributed by atoms with Crippen LogP contribution in [0.25, 0.3) is 0 Å². The van der Waals surface area contributed by atoms with Gasteiger partial charge in [-0.15, -0.1) is 13.2 Å². The third-order valence-corrected chi connectivity index (χ3v) is 7.80. The fraction of sp³-hybridized carbons (Fsp3) is 0.200. The van der Waals surface area contributed by atoms with Crippen molar-refractivity contribution in [1.29, 1.82) is 0 Å². The minimum absolute atomic E-state index is 0.670. The molecular formula is C20H24O2Si. The Hall–Kier alpha value is -2.26. The highest BCUT2D eigenvalue weighted by molar-refractivity contribution is 7.09. The first-order valence-electron chi connectivity index (χ1n) is 7.94. The van der Waals surface area contributed by atoms with E-state index in [2.05, 4.69) is 48.8 Å². The van der Waals surface area contributed by atoms with Gasteiger partial charge in [-0.1, -0.05) is 35.7 Å². The Labute approximate surface area is 140 Å². The highest BCUT2D eigenvalue weighted by atomic mass is 28.3. The van der Waals surface area contributed by atoms with Crippen molar-refractivity contribution in [3.05, 3.63) is 73.1 Å². The van der Waals surface area contributed by atoms with Gasteiger partial charge in [-0.25, -0.2) is 0 Å².